The summed E-state index contributed by atoms with van der Waals surface area (Å²) in [6, 6.07) is 4.17. The number of sulfonamides is 1. The van der Waals surface area contributed by atoms with Crippen molar-refractivity contribution in [1.29, 1.82) is 0 Å². The molecule has 8 heteroatoms. The molecule has 3 N–H and O–H groups in total. The van der Waals surface area contributed by atoms with E-state index in [1.54, 1.807) is 0 Å². The van der Waals surface area contributed by atoms with Gasteiger partial charge in [-0.3, -0.25) is 4.79 Å². The molecule has 1 aromatic rings. The predicted molar refractivity (Wildman–Crippen MR) is 79.0 cm³/mol. The highest BCUT2D eigenvalue weighted by Gasteiger charge is 2.27. The molecule has 6 nitrogen and oxygen atoms in total. The summed E-state index contributed by atoms with van der Waals surface area (Å²) in [4.78, 5) is 11.4. The first-order chi connectivity index (χ1) is 9.32. The molecule has 0 unspecified atom stereocenters. The molecule has 0 aliphatic rings. The first-order valence-electron chi connectivity index (χ1n) is 6.08. The summed E-state index contributed by atoms with van der Waals surface area (Å²) in [6.07, 6.45) is 0.587. The van der Waals surface area contributed by atoms with Crippen LogP contribution in [0.3, 0.4) is 0 Å². The maximum atomic E-state index is 12.5. The Morgan fingerprint density at radius 3 is 2.60 bits per heavy atom. The van der Waals surface area contributed by atoms with Crippen molar-refractivity contribution in [2.24, 2.45) is 0 Å². The third-order valence-corrected chi connectivity index (χ3v) is 4.82. The smallest absolute Gasteiger partial charge is 0.245 e. The number of rotatable bonds is 6. The Labute approximate surface area is 123 Å². The third kappa shape index (κ3) is 3.84. The lowest BCUT2D eigenvalue weighted by Gasteiger charge is -2.21. The van der Waals surface area contributed by atoms with E-state index in [-0.39, 0.29) is 29.6 Å². The van der Waals surface area contributed by atoms with Gasteiger partial charge in [-0.1, -0.05) is 18.5 Å². The Kier molecular flexibility index (Phi) is 5.79. The van der Waals surface area contributed by atoms with Crippen molar-refractivity contribution in [2.45, 2.75) is 18.2 Å². The molecule has 0 aromatic heterocycles. The summed E-state index contributed by atoms with van der Waals surface area (Å²) in [7, 11) is -2.37. The lowest BCUT2D eigenvalue weighted by Crippen LogP contribution is -2.40. The van der Waals surface area contributed by atoms with Crippen LogP contribution in [0.4, 0.5) is 5.69 Å². The van der Waals surface area contributed by atoms with E-state index >= 15 is 0 Å². The van der Waals surface area contributed by atoms with E-state index in [0.29, 0.717) is 11.4 Å². The maximum absolute atomic E-state index is 12.5. The van der Waals surface area contributed by atoms with Crippen molar-refractivity contribution in [2.75, 3.05) is 25.9 Å². The minimum Gasteiger partial charge on any atom is -0.398 e. The molecule has 0 bridgehead atoms. The molecule has 0 radical (unpaired) electrons. The van der Waals surface area contributed by atoms with Gasteiger partial charge >= 0.3 is 0 Å². The SMILES string of the molecule is CCCN(CC(=O)NC)S(=O)(=O)c1ccc(Cl)cc1N. The number of amides is 1. The van der Waals surface area contributed by atoms with Crippen LogP contribution in [0.5, 0.6) is 0 Å². The fourth-order valence-electron chi connectivity index (χ4n) is 1.67. The topological polar surface area (TPSA) is 92.5 Å². The zero-order chi connectivity index (χ0) is 15.3. The van der Waals surface area contributed by atoms with Crippen molar-refractivity contribution in [1.82, 2.24) is 9.62 Å². The number of carbonyl (C=O) groups excluding carboxylic acids is 1. The summed E-state index contributed by atoms with van der Waals surface area (Å²) in [5.41, 5.74) is 5.78. The molecule has 0 aliphatic heterocycles. The quantitative estimate of drug-likeness (QED) is 0.767. The van der Waals surface area contributed by atoms with Crippen LogP contribution < -0.4 is 11.1 Å². The molecular formula is C12H18ClN3O3S. The number of hydrogen-bond acceptors (Lipinski definition) is 4. The van der Waals surface area contributed by atoms with E-state index in [9.17, 15) is 13.2 Å². The molecular weight excluding hydrogens is 302 g/mol. The summed E-state index contributed by atoms with van der Waals surface area (Å²) in [6.45, 7) is 1.82. The Morgan fingerprint density at radius 2 is 2.10 bits per heavy atom. The van der Waals surface area contributed by atoms with Gasteiger partial charge in [0.1, 0.15) is 4.90 Å². The number of carbonyl (C=O) groups is 1. The first-order valence-corrected chi connectivity index (χ1v) is 7.90. The Hall–Kier alpha value is -1.31. The van der Waals surface area contributed by atoms with Crippen molar-refractivity contribution in [3.05, 3.63) is 23.2 Å². The number of hydrogen-bond donors (Lipinski definition) is 2. The second-order valence-corrected chi connectivity index (χ2v) is 6.54. The van der Waals surface area contributed by atoms with Crippen molar-refractivity contribution in [3.8, 4) is 0 Å². The van der Waals surface area contributed by atoms with Gasteiger partial charge in [-0.15, -0.1) is 0 Å². The van der Waals surface area contributed by atoms with Gasteiger partial charge in [-0.05, 0) is 24.6 Å². The summed E-state index contributed by atoms with van der Waals surface area (Å²) >= 11 is 5.76. The van der Waals surface area contributed by atoms with Gasteiger partial charge in [0.25, 0.3) is 0 Å². The van der Waals surface area contributed by atoms with Gasteiger partial charge in [-0.2, -0.15) is 4.31 Å². The van der Waals surface area contributed by atoms with Gasteiger partial charge in [0.2, 0.25) is 15.9 Å². The lowest BCUT2D eigenvalue weighted by molar-refractivity contribution is -0.120. The second kappa shape index (κ2) is 6.92. The summed E-state index contributed by atoms with van der Waals surface area (Å²) < 4.78 is 26.2. The van der Waals surface area contributed by atoms with Crippen LogP contribution in [-0.4, -0.2) is 38.8 Å². The van der Waals surface area contributed by atoms with E-state index in [1.807, 2.05) is 6.92 Å². The fourth-order valence-corrected chi connectivity index (χ4v) is 3.43. The maximum Gasteiger partial charge on any atom is 0.245 e. The Morgan fingerprint density at radius 1 is 1.45 bits per heavy atom. The molecule has 0 fully saturated rings. The zero-order valence-corrected chi connectivity index (χ0v) is 13.0. The molecule has 112 valence electrons. The van der Waals surface area contributed by atoms with Crippen LogP contribution in [0.1, 0.15) is 13.3 Å². The number of halogens is 1. The van der Waals surface area contributed by atoms with Crippen molar-refractivity contribution in [3.63, 3.8) is 0 Å². The molecule has 20 heavy (non-hydrogen) atoms. The van der Waals surface area contributed by atoms with E-state index < -0.39 is 10.0 Å². The van der Waals surface area contributed by atoms with Gasteiger partial charge in [0, 0.05) is 18.6 Å². The molecule has 0 saturated carbocycles. The molecule has 1 rings (SSSR count). The lowest BCUT2D eigenvalue weighted by atomic mass is 10.3. The molecule has 0 heterocycles. The standard InChI is InChI=1S/C12H18ClN3O3S/c1-3-6-16(8-12(17)15-2)20(18,19)11-5-4-9(13)7-10(11)14/h4-5,7H,3,6,8,14H2,1-2H3,(H,15,17). The number of nitrogens with zero attached hydrogens (tertiary/aromatic N) is 1. The van der Waals surface area contributed by atoms with E-state index in [0.717, 1.165) is 4.31 Å². The second-order valence-electron chi connectivity index (χ2n) is 4.19. The Balaban J connectivity index is 3.18. The molecule has 0 spiro atoms. The van der Waals surface area contributed by atoms with Crippen LogP contribution in [-0.2, 0) is 14.8 Å². The third-order valence-electron chi connectivity index (χ3n) is 2.66. The van der Waals surface area contributed by atoms with Crippen LogP contribution >= 0.6 is 11.6 Å². The largest absolute Gasteiger partial charge is 0.398 e. The average molecular weight is 320 g/mol. The van der Waals surface area contributed by atoms with Gasteiger partial charge < -0.3 is 11.1 Å². The number of nitrogen functional groups attached to an aromatic ring is 1. The Bertz CT molecular complexity index is 590. The normalized spacial score (nSPS) is 11.6. The van der Waals surface area contributed by atoms with Crippen molar-refractivity contribution < 1.29 is 13.2 Å². The molecule has 0 aliphatic carbocycles. The highest BCUT2D eigenvalue weighted by atomic mass is 35.5. The predicted octanol–water partition coefficient (Wildman–Crippen LogP) is 1.07. The minimum absolute atomic E-state index is 0.0424. The summed E-state index contributed by atoms with van der Waals surface area (Å²) in [5.74, 6) is -0.380. The van der Waals surface area contributed by atoms with Crippen LogP contribution in [0.25, 0.3) is 0 Å². The zero-order valence-electron chi connectivity index (χ0n) is 11.4. The van der Waals surface area contributed by atoms with Crippen LogP contribution in [0.2, 0.25) is 5.02 Å². The number of benzene rings is 1. The number of likely N-dealkylation sites (N-methyl/N-ethyl adjacent to an activating group) is 1. The van der Waals surface area contributed by atoms with E-state index in [4.69, 9.17) is 17.3 Å². The van der Waals surface area contributed by atoms with Gasteiger partial charge in [-0.25, -0.2) is 8.42 Å². The molecule has 1 amide bonds. The van der Waals surface area contributed by atoms with Crippen LogP contribution in [0, 0.1) is 0 Å². The first kappa shape index (κ1) is 16.7. The van der Waals surface area contributed by atoms with Crippen molar-refractivity contribution >= 4 is 33.2 Å². The van der Waals surface area contributed by atoms with Gasteiger partial charge in [0.15, 0.2) is 0 Å². The monoisotopic (exact) mass is 319 g/mol. The minimum atomic E-state index is -3.83. The number of anilines is 1. The average Bonchev–Trinajstić information content (AvgIpc) is 2.37. The fraction of sp³-hybridized carbons (Fsp3) is 0.417. The highest BCUT2D eigenvalue weighted by Crippen LogP contribution is 2.25. The molecule has 1 aromatic carbocycles. The van der Waals surface area contributed by atoms with Crippen LogP contribution in [0.15, 0.2) is 23.1 Å². The number of nitrogens with one attached hydrogen (secondary N) is 1. The molecule has 0 atom stereocenters. The number of nitrogens with two attached hydrogens (primary N) is 1. The molecule has 0 saturated heterocycles. The van der Waals surface area contributed by atoms with Gasteiger partial charge in [0.05, 0.1) is 12.2 Å². The van der Waals surface area contributed by atoms with E-state index in [2.05, 4.69) is 5.32 Å². The highest BCUT2D eigenvalue weighted by molar-refractivity contribution is 7.89. The summed E-state index contributed by atoms with van der Waals surface area (Å²) in [5, 5.41) is 2.76. The van der Waals surface area contributed by atoms with E-state index in [1.165, 1.54) is 25.2 Å².